The molecule has 0 fully saturated rings. The number of aromatic nitrogens is 2. The molecule has 1 amide bonds. The van der Waals surface area contributed by atoms with Crippen molar-refractivity contribution >= 4 is 55.2 Å². The summed E-state index contributed by atoms with van der Waals surface area (Å²) in [5.74, 6) is -0.239. The van der Waals surface area contributed by atoms with Gasteiger partial charge >= 0.3 is 0 Å². The Kier molecular flexibility index (Phi) is 3.66. The third kappa shape index (κ3) is 2.80. The summed E-state index contributed by atoms with van der Waals surface area (Å²) < 4.78 is 2.06. The fraction of sp³-hybridized carbons (Fsp3) is 0.0714. The molecule has 0 saturated heterocycles. The van der Waals surface area contributed by atoms with E-state index in [1.54, 1.807) is 12.3 Å². The number of nitrogens with zero attached hydrogens (tertiary/aromatic N) is 2. The van der Waals surface area contributed by atoms with Crippen molar-refractivity contribution in [2.75, 3.05) is 5.32 Å². The maximum absolute atomic E-state index is 12.1. The van der Waals surface area contributed by atoms with E-state index < -0.39 is 0 Å². The van der Waals surface area contributed by atoms with Crippen molar-refractivity contribution in [2.24, 2.45) is 0 Å². The monoisotopic (exact) mass is 395 g/mol. The molecule has 2 heterocycles. The van der Waals surface area contributed by atoms with E-state index in [0.717, 1.165) is 13.8 Å². The average Bonchev–Trinajstić information content (AvgIpc) is 2.80. The lowest BCUT2D eigenvalue weighted by molar-refractivity contribution is 0.102. The lowest BCUT2D eigenvalue weighted by Crippen LogP contribution is -2.13. The highest BCUT2D eigenvalue weighted by Gasteiger charge is 2.10. The number of nitrogens with one attached hydrogen (secondary N) is 1. The summed E-state index contributed by atoms with van der Waals surface area (Å²) in [7, 11) is 0. The smallest absolute Gasteiger partial charge is 0.276 e. The highest BCUT2D eigenvalue weighted by atomic mass is 127. The number of thiazole rings is 1. The Bertz CT molecular complexity index is 783. The van der Waals surface area contributed by atoms with Crippen LogP contribution in [0.1, 0.15) is 16.1 Å². The first kappa shape index (κ1) is 13.4. The number of amides is 1. The minimum atomic E-state index is -0.239. The third-order valence-corrected chi connectivity index (χ3v) is 4.30. The first-order chi connectivity index (χ1) is 9.61. The van der Waals surface area contributed by atoms with Crippen LogP contribution in [-0.4, -0.2) is 15.9 Å². The van der Waals surface area contributed by atoms with Crippen LogP contribution in [0, 0.1) is 10.5 Å². The Labute approximate surface area is 133 Å². The van der Waals surface area contributed by atoms with Crippen molar-refractivity contribution in [3.05, 3.63) is 51.4 Å². The van der Waals surface area contributed by atoms with Gasteiger partial charge < -0.3 is 0 Å². The highest BCUT2D eigenvalue weighted by molar-refractivity contribution is 14.1. The molecule has 0 aliphatic heterocycles. The van der Waals surface area contributed by atoms with Gasteiger partial charge in [-0.1, -0.05) is 17.4 Å². The van der Waals surface area contributed by atoms with Gasteiger partial charge in [0.05, 0.1) is 10.2 Å². The van der Waals surface area contributed by atoms with Crippen molar-refractivity contribution in [1.29, 1.82) is 0 Å². The molecular weight excluding hydrogens is 385 g/mol. The van der Waals surface area contributed by atoms with Gasteiger partial charge in [-0.3, -0.25) is 10.1 Å². The van der Waals surface area contributed by atoms with E-state index in [2.05, 4.69) is 43.9 Å². The molecular formula is C14H10IN3OS. The Balaban J connectivity index is 1.85. The zero-order valence-corrected chi connectivity index (χ0v) is 13.5. The second-order valence-electron chi connectivity index (χ2n) is 4.31. The van der Waals surface area contributed by atoms with Crippen LogP contribution in [0.4, 0.5) is 5.13 Å². The molecule has 20 heavy (non-hydrogen) atoms. The van der Waals surface area contributed by atoms with E-state index in [9.17, 15) is 4.79 Å². The Hall–Kier alpha value is -1.54. The minimum Gasteiger partial charge on any atom is -0.296 e. The van der Waals surface area contributed by atoms with Crippen molar-refractivity contribution in [3.63, 3.8) is 0 Å². The Morgan fingerprint density at radius 2 is 2.15 bits per heavy atom. The number of pyridine rings is 1. The molecule has 0 atom stereocenters. The number of fused-ring (bicyclic) bond motifs is 1. The van der Waals surface area contributed by atoms with Gasteiger partial charge in [0.1, 0.15) is 5.69 Å². The van der Waals surface area contributed by atoms with Crippen LogP contribution in [0.5, 0.6) is 0 Å². The topological polar surface area (TPSA) is 54.9 Å². The predicted molar refractivity (Wildman–Crippen MR) is 89.3 cm³/mol. The van der Waals surface area contributed by atoms with Crippen LogP contribution in [0.25, 0.3) is 10.2 Å². The molecule has 0 saturated carbocycles. The predicted octanol–water partition coefficient (Wildman–Crippen LogP) is 3.86. The quantitative estimate of drug-likeness (QED) is 0.671. The number of carbonyl (C=O) groups excluding carboxylic acids is 1. The van der Waals surface area contributed by atoms with Crippen LogP contribution in [0.2, 0.25) is 0 Å². The molecule has 0 aliphatic rings. The summed E-state index contributed by atoms with van der Waals surface area (Å²) >= 11 is 3.62. The summed E-state index contributed by atoms with van der Waals surface area (Å²) in [6.07, 6.45) is 1.66. The molecule has 2 aromatic heterocycles. The molecule has 0 unspecified atom stereocenters. The third-order valence-electron chi connectivity index (χ3n) is 2.72. The van der Waals surface area contributed by atoms with Crippen molar-refractivity contribution in [2.45, 2.75) is 6.92 Å². The molecule has 100 valence electrons. The van der Waals surface area contributed by atoms with Crippen LogP contribution >= 0.6 is 33.9 Å². The maximum atomic E-state index is 12.1. The number of benzene rings is 1. The van der Waals surface area contributed by atoms with E-state index in [-0.39, 0.29) is 5.91 Å². The van der Waals surface area contributed by atoms with Gasteiger partial charge in [0.15, 0.2) is 5.13 Å². The molecule has 1 aromatic carbocycles. The molecule has 1 N–H and O–H groups in total. The summed E-state index contributed by atoms with van der Waals surface area (Å²) in [4.78, 5) is 20.6. The highest BCUT2D eigenvalue weighted by Crippen LogP contribution is 2.26. The van der Waals surface area contributed by atoms with E-state index in [1.807, 2.05) is 25.1 Å². The van der Waals surface area contributed by atoms with Crippen LogP contribution < -0.4 is 5.32 Å². The molecule has 6 heteroatoms. The molecule has 0 radical (unpaired) electrons. The fourth-order valence-electron chi connectivity index (χ4n) is 1.76. The summed E-state index contributed by atoms with van der Waals surface area (Å²) in [5, 5.41) is 3.38. The number of anilines is 1. The second kappa shape index (κ2) is 5.45. The van der Waals surface area contributed by atoms with E-state index in [0.29, 0.717) is 10.8 Å². The van der Waals surface area contributed by atoms with Gasteiger partial charge in [-0.2, -0.15) is 0 Å². The van der Waals surface area contributed by atoms with E-state index in [4.69, 9.17) is 0 Å². The normalized spacial score (nSPS) is 10.7. The molecule has 3 aromatic rings. The number of rotatable bonds is 2. The SMILES string of the molecule is Cc1ccc2nc(NC(=O)c3ccc(I)cn3)sc2c1. The second-order valence-corrected chi connectivity index (χ2v) is 6.58. The van der Waals surface area contributed by atoms with Crippen LogP contribution in [0.3, 0.4) is 0 Å². The van der Waals surface area contributed by atoms with E-state index in [1.165, 1.54) is 16.9 Å². The van der Waals surface area contributed by atoms with Gasteiger partial charge in [-0.05, 0) is 59.3 Å². The zero-order chi connectivity index (χ0) is 14.1. The minimum absolute atomic E-state index is 0.239. The van der Waals surface area contributed by atoms with Crippen molar-refractivity contribution < 1.29 is 4.79 Å². The number of hydrogen-bond donors (Lipinski definition) is 1. The molecule has 3 rings (SSSR count). The maximum Gasteiger partial charge on any atom is 0.276 e. The number of halogens is 1. The van der Waals surface area contributed by atoms with Gasteiger partial charge in [-0.15, -0.1) is 0 Å². The largest absolute Gasteiger partial charge is 0.296 e. The molecule has 0 spiro atoms. The van der Waals surface area contributed by atoms with Crippen molar-refractivity contribution in [3.8, 4) is 0 Å². The van der Waals surface area contributed by atoms with Gasteiger partial charge in [0.2, 0.25) is 0 Å². The summed E-state index contributed by atoms with van der Waals surface area (Å²) in [5.41, 5.74) is 2.46. The first-order valence-corrected chi connectivity index (χ1v) is 7.81. The first-order valence-electron chi connectivity index (χ1n) is 5.92. The average molecular weight is 395 g/mol. The zero-order valence-electron chi connectivity index (χ0n) is 10.6. The van der Waals surface area contributed by atoms with Gasteiger partial charge in [-0.25, -0.2) is 9.97 Å². The van der Waals surface area contributed by atoms with Crippen LogP contribution in [0.15, 0.2) is 36.5 Å². The molecule has 0 bridgehead atoms. The fourth-order valence-corrected chi connectivity index (χ4v) is 3.03. The van der Waals surface area contributed by atoms with Crippen LogP contribution in [-0.2, 0) is 0 Å². The summed E-state index contributed by atoms with van der Waals surface area (Å²) in [6.45, 7) is 2.03. The standard InChI is InChI=1S/C14H10IN3OS/c1-8-2-4-10-12(6-8)20-14(17-10)18-13(19)11-5-3-9(15)7-16-11/h2-7H,1H3,(H,17,18,19). The number of aryl methyl sites for hydroxylation is 1. The number of hydrogen-bond acceptors (Lipinski definition) is 4. The number of carbonyl (C=O) groups is 1. The van der Waals surface area contributed by atoms with Gasteiger partial charge in [0, 0.05) is 9.77 Å². The lowest BCUT2D eigenvalue weighted by Gasteiger charge is -2.00. The van der Waals surface area contributed by atoms with E-state index >= 15 is 0 Å². The molecule has 0 aliphatic carbocycles. The molecule has 4 nitrogen and oxygen atoms in total. The summed E-state index contributed by atoms with van der Waals surface area (Å²) in [6, 6.07) is 9.58. The Morgan fingerprint density at radius 1 is 1.30 bits per heavy atom. The van der Waals surface area contributed by atoms with Crippen molar-refractivity contribution in [1.82, 2.24) is 9.97 Å². The Morgan fingerprint density at radius 3 is 2.90 bits per heavy atom. The van der Waals surface area contributed by atoms with Gasteiger partial charge in [0.25, 0.3) is 5.91 Å². The lowest BCUT2D eigenvalue weighted by atomic mass is 10.2.